The molecule has 1 saturated heterocycles. The average molecular weight is 430 g/mol. The molecule has 5 rings (SSSR count). The molecule has 3 aromatic rings. The van der Waals surface area contributed by atoms with Gasteiger partial charge in [-0.1, -0.05) is 30.3 Å². The van der Waals surface area contributed by atoms with Crippen molar-refractivity contribution in [3.05, 3.63) is 89.4 Å². The molecule has 1 N–H and O–H groups in total. The van der Waals surface area contributed by atoms with Gasteiger partial charge < -0.3 is 15.1 Å². The van der Waals surface area contributed by atoms with Gasteiger partial charge in [-0.05, 0) is 47.9 Å². The molecule has 6 nitrogen and oxygen atoms in total. The summed E-state index contributed by atoms with van der Waals surface area (Å²) in [6.45, 7) is 0.401. The van der Waals surface area contributed by atoms with E-state index in [1.807, 2.05) is 43.3 Å². The summed E-state index contributed by atoms with van der Waals surface area (Å²) in [6.07, 6.45) is 2.04. The summed E-state index contributed by atoms with van der Waals surface area (Å²) in [5.41, 5.74) is 1.88. The van der Waals surface area contributed by atoms with E-state index in [4.69, 9.17) is 0 Å². The van der Waals surface area contributed by atoms with E-state index in [2.05, 4.69) is 10.3 Å². The Labute approximate surface area is 185 Å². The first kappa shape index (κ1) is 20.2. The fourth-order valence-electron chi connectivity index (χ4n) is 4.96. The Morgan fingerprint density at radius 1 is 1.12 bits per heavy atom. The fraction of sp³-hybridized carbons (Fsp3) is 0.240. The molecule has 0 bridgehead atoms. The highest BCUT2D eigenvalue weighted by molar-refractivity contribution is 6.08. The van der Waals surface area contributed by atoms with Crippen LogP contribution in [0.25, 0.3) is 0 Å². The van der Waals surface area contributed by atoms with Crippen LogP contribution in [-0.2, 0) is 10.2 Å². The fourth-order valence-corrected chi connectivity index (χ4v) is 4.96. The van der Waals surface area contributed by atoms with Gasteiger partial charge >= 0.3 is 0 Å². The lowest BCUT2D eigenvalue weighted by molar-refractivity contribution is -0.121. The number of hydrogen-bond acceptors (Lipinski definition) is 4. The zero-order valence-corrected chi connectivity index (χ0v) is 17.9. The van der Waals surface area contributed by atoms with E-state index in [0.717, 1.165) is 22.6 Å². The van der Waals surface area contributed by atoms with Crippen molar-refractivity contribution in [2.45, 2.75) is 17.9 Å². The van der Waals surface area contributed by atoms with Crippen molar-refractivity contribution in [1.29, 1.82) is 0 Å². The molecule has 2 amide bonds. The van der Waals surface area contributed by atoms with Gasteiger partial charge in [-0.2, -0.15) is 0 Å². The number of fused-ring (bicyclic) bond motifs is 2. The van der Waals surface area contributed by atoms with E-state index in [-0.39, 0.29) is 17.6 Å². The van der Waals surface area contributed by atoms with Gasteiger partial charge in [-0.25, -0.2) is 9.37 Å². The Morgan fingerprint density at radius 2 is 1.88 bits per heavy atom. The first-order chi connectivity index (χ1) is 15.4. The highest BCUT2D eigenvalue weighted by atomic mass is 19.1. The molecule has 0 radical (unpaired) electrons. The number of carbonyl (C=O) groups excluding carboxylic acids is 2. The number of benzene rings is 2. The average Bonchev–Trinajstić information content (AvgIpc) is 3.33. The lowest BCUT2D eigenvalue weighted by Crippen LogP contribution is -2.42. The van der Waals surface area contributed by atoms with Crippen LogP contribution < -0.4 is 10.2 Å². The standard InChI is InChI=1S/C25H23FN4O2/c1-29(2)21-12-9-17(15-27-21)23(31)30-14-13-25(22(30)16-7-10-18(26)11-8-16)19-5-3-4-6-20(19)28-24(25)32/h3-12,15,22H,13-14H2,1-2H3,(H,28,32)/t22-,25+/m0/s1. The molecule has 162 valence electrons. The van der Waals surface area contributed by atoms with E-state index in [1.165, 1.54) is 12.1 Å². The molecule has 1 fully saturated rings. The number of pyridine rings is 1. The Morgan fingerprint density at radius 3 is 2.56 bits per heavy atom. The van der Waals surface area contributed by atoms with Crippen LogP contribution in [0.3, 0.4) is 0 Å². The van der Waals surface area contributed by atoms with Crippen molar-refractivity contribution >= 4 is 23.3 Å². The Kier molecular flexibility index (Phi) is 4.69. The van der Waals surface area contributed by atoms with Crippen LogP contribution in [0.2, 0.25) is 0 Å². The maximum absolute atomic E-state index is 13.7. The van der Waals surface area contributed by atoms with Gasteiger partial charge in [0.05, 0.1) is 11.6 Å². The van der Waals surface area contributed by atoms with Crippen LogP contribution in [0.4, 0.5) is 15.9 Å². The number of anilines is 2. The van der Waals surface area contributed by atoms with E-state index >= 15 is 0 Å². The smallest absolute Gasteiger partial charge is 0.255 e. The second-order valence-electron chi connectivity index (χ2n) is 8.47. The second kappa shape index (κ2) is 7.44. The number of nitrogens with one attached hydrogen (secondary N) is 1. The summed E-state index contributed by atoms with van der Waals surface area (Å²) < 4.78 is 13.7. The van der Waals surface area contributed by atoms with Crippen molar-refractivity contribution in [3.63, 3.8) is 0 Å². The Bertz CT molecular complexity index is 1190. The van der Waals surface area contributed by atoms with Gasteiger partial charge in [0, 0.05) is 32.5 Å². The topological polar surface area (TPSA) is 65.5 Å². The molecule has 0 aliphatic carbocycles. The minimum absolute atomic E-state index is 0.135. The first-order valence-electron chi connectivity index (χ1n) is 10.5. The number of para-hydroxylation sites is 1. The molecule has 2 aliphatic rings. The minimum atomic E-state index is -0.929. The highest BCUT2D eigenvalue weighted by Crippen LogP contribution is 2.54. The molecule has 2 atom stereocenters. The van der Waals surface area contributed by atoms with Crippen LogP contribution in [0.5, 0.6) is 0 Å². The van der Waals surface area contributed by atoms with Crippen molar-refractivity contribution in [3.8, 4) is 0 Å². The third kappa shape index (κ3) is 2.96. The molecule has 0 saturated carbocycles. The number of rotatable bonds is 3. The quantitative estimate of drug-likeness (QED) is 0.687. The van der Waals surface area contributed by atoms with Gasteiger partial charge in [-0.3, -0.25) is 9.59 Å². The zero-order chi connectivity index (χ0) is 22.5. The Hall–Kier alpha value is -3.74. The largest absolute Gasteiger partial charge is 0.363 e. The van der Waals surface area contributed by atoms with Gasteiger partial charge in [0.15, 0.2) is 0 Å². The molecule has 1 spiro atoms. The summed E-state index contributed by atoms with van der Waals surface area (Å²) in [4.78, 5) is 34.9. The van der Waals surface area contributed by atoms with Crippen molar-refractivity contribution in [2.75, 3.05) is 30.9 Å². The van der Waals surface area contributed by atoms with Crippen molar-refractivity contribution in [1.82, 2.24) is 9.88 Å². The van der Waals surface area contributed by atoms with E-state index in [1.54, 1.807) is 35.4 Å². The highest BCUT2D eigenvalue weighted by Gasteiger charge is 2.59. The number of aromatic nitrogens is 1. The third-order valence-corrected chi connectivity index (χ3v) is 6.49. The molecular weight excluding hydrogens is 407 g/mol. The minimum Gasteiger partial charge on any atom is -0.363 e. The molecule has 1 aromatic heterocycles. The summed E-state index contributed by atoms with van der Waals surface area (Å²) in [7, 11) is 3.77. The molecule has 32 heavy (non-hydrogen) atoms. The molecule has 7 heteroatoms. The molecule has 2 aromatic carbocycles. The molecular formula is C25H23FN4O2. The van der Waals surface area contributed by atoms with Gasteiger partial charge in [0.1, 0.15) is 17.1 Å². The zero-order valence-electron chi connectivity index (χ0n) is 17.9. The number of hydrogen-bond donors (Lipinski definition) is 1. The maximum Gasteiger partial charge on any atom is 0.255 e. The number of nitrogens with zero attached hydrogens (tertiary/aromatic N) is 3. The van der Waals surface area contributed by atoms with Gasteiger partial charge in [0.2, 0.25) is 5.91 Å². The van der Waals surface area contributed by atoms with Crippen LogP contribution in [-0.4, -0.2) is 42.3 Å². The first-order valence-corrected chi connectivity index (χ1v) is 10.5. The lowest BCUT2D eigenvalue weighted by Gasteiger charge is -2.34. The van der Waals surface area contributed by atoms with Crippen LogP contribution in [0, 0.1) is 5.82 Å². The number of amides is 2. The number of likely N-dealkylation sites (tertiary alicyclic amines) is 1. The monoisotopic (exact) mass is 430 g/mol. The van der Waals surface area contributed by atoms with E-state index < -0.39 is 11.5 Å². The number of halogens is 1. The number of carbonyl (C=O) groups is 2. The van der Waals surface area contributed by atoms with Crippen molar-refractivity contribution in [2.24, 2.45) is 0 Å². The van der Waals surface area contributed by atoms with Gasteiger partial charge in [-0.15, -0.1) is 0 Å². The third-order valence-electron chi connectivity index (χ3n) is 6.49. The predicted octanol–water partition coefficient (Wildman–Crippen LogP) is 3.76. The van der Waals surface area contributed by atoms with Crippen molar-refractivity contribution < 1.29 is 14.0 Å². The second-order valence-corrected chi connectivity index (χ2v) is 8.47. The van der Waals surface area contributed by atoms with Gasteiger partial charge in [0.25, 0.3) is 5.91 Å². The Balaban J connectivity index is 1.61. The summed E-state index contributed by atoms with van der Waals surface area (Å²) in [6, 6.07) is 16.6. The maximum atomic E-state index is 13.7. The van der Waals surface area contributed by atoms with E-state index in [0.29, 0.717) is 18.5 Å². The molecule has 3 heterocycles. The SMILES string of the molecule is CN(C)c1ccc(C(=O)N2CC[C@]3(C(=O)Nc4ccccc43)[C@@H]2c2ccc(F)cc2)cn1. The predicted molar refractivity (Wildman–Crippen MR) is 120 cm³/mol. The summed E-state index contributed by atoms with van der Waals surface area (Å²) in [5, 5.41) is 2.99. The lowest BCUT2D eigenvalue weighted by atomic mass is 9.72. The molecule has 0 unspecified atom stereocenters. The summed E-state index contributed by atoms with van der Waals surface area (Å²) >= 11 is 0. The van der Waals surface area contributed by atoms with E-state index in [9.17, 15) is 14.0 Å². The summed E-state index contributed by atoms with van der Waals surface area (Å²) in [5.74, 6) is 0.0487. The normalized spacial score (nSPS) is 21.5. The van der Waals surface area contributed by atoms with Crippen LogP contribution in [0.1, 0.15) is 33.9 Å². The van der Waals surface area contributed by atoms with Crippen LogP contribution in [0.15, 0.2) is 66.9 Å². The van der Waals surface area contributed by atoms with Crippen LogP contribution >= 0.6 is 0 Å². The molecule has 2 aliphatic heterocycles.